The highest BCUT2D eigenvalue weighted by Crippen LogP contribution is 2.32. The molecule has 1 fully saturated rings. The van der Waals surface area contributed by atoms with Gasteiger partial charge >= 0.3 is 0 Å². The van der Waals surface area contributed by atoms with Crippen molar-refractivity contribution in [2.24, 2.45) is 5.92 Å². The Morgan fingerprint density at radius 2 is 2.08 bits per heavy atom. The molecule has 1 atom stereocenters. The van der Waals surface area contributed by atoms with Crippen LogP contribution in [0.25, 0.3) is 0 Å². The number of aliphatic hydroxyl groups is 1. The van der Waals surface area contributed by atoms with E-state index >= 15 is 0 Å². The van der Waals surface area contributed by atoms with Gasteiger partial charge in [0.25, 0.3) is 0 Å². The standard InChI is InChI=1S/C11H20O/c1-3-8-11(2,12)9-10-6-4-5-7-10/h3,10,12H,1,4-9H2,2H3. The molecular formula is C11H20O. The maximum absolute atomic E-state index is 9.90. The van der Waals surface area contributed by atoms with Crippen LogP contribution in [0.4, 0.5) is 0 Å². The van der Waals surface area contributed by atoms with Crippen LogP contribution in [0, 0.1) is 5.92 Å². The average Bonchev–Trinajstić information content (AvgIpc) is 2.38. The van der Waals surface area contributed by atoms with Crippen molar-refractivity contribution >= 4 is 0 Å². The topological polar surface area (TPSA) is 20.2 Å². The lowest BCUT2D eigenvalue weighted by Gasteiger charge is -2.24. The van der Waals surface area contributed by atoms with Gasteiger partial charge in [0, 0.05) is 0 Å². The minimum atomic E-state index is -0.503. The van der Waals surface area contributed by atoms with E-state index in [1.807, 2.05) is 13.0 Å². The first-order valence-electron chi connectivity index (χ1n) is 4.97. The Labute approximate surface area is 75.5 Å². The van der Waals surface area contributed by atoms with Gasteiger partial charge in [-0.1, -0.05) is 31.8 Å². The van der Waals surface area contributed by atoms with Gasteiger partial charge in [-0.2, -0.15) is 0 Å². The van der Waals surface area contributed by atoms with Gasteiger partial charge in [-0.25, -0.2) is 0 Å². The monoisotopic (exact) mass is 168 g/mol. The third-order valence-corrected chi connectivity index (χ3v) is 2.79. The van der Waals surface area contributed by atoms with Crippen LogP contribution in [0.1, 0.15) is 45.4 Å². The van der Waals surface area contributed by atoms with Crippen molar-refractivity contribution in [3.05, 3.63) is 12.7 Å². The van der Waals surface area contributed by atoms with E-state index < -0.39 is 5.60 Å². The molecule has 1 rings (SSSR count). The minimum absolute atomic E-state index is 0.503. The van der Waals surface area contributed by atoms with Crippen molar-refractivity contribution in [3.8, 4) is 0 Å². The van der Waals surface area contributed by atoms with Crippen LogP contribution < -0.4 is 0 Å². The lowest BCUT2D eigenvalue weighted by Crippen LogP contribution is -2.25. The summed E-state index contributed by atoms with van der Waals surface area (Å²) in [5.74, 6) is 0.764. The first-order chi connectivity index (χ1) is 5.64. The molecule has 0 heterocycles. The van der Waals surface area contributed by atoms with E-state index in [0.29, 0.717) is 0 Å². The summed E-state index contributed by atoms with van der Waals surface area (Å²) in [6, 6.07) is 0. The second kappa shape index (κ2) is 4.08. The molecule has 1 aliphatic rings. The minimum Gasteiger partial charge on any atom is -0.390 e. The fourth-order valence-electron chi connectivity index (χ4n) is 2.23. The Bertz CT molecular complexity index is 143. The zero-order valence-electron chi connectivity index (χ0n) is 8.05. The highest BCUT2D eigenvalue weighted by atomic mass is 16.3. The fraction of sp³-hybridized carbons (Fsp3) is 0.818. The van der Waals surface area contributed by atoms with Gasteiger partial charge < -0.3 is 5.11 Å². The Balaban J connectivity index is 2.31. The molecule has 0 aromatic carbocycles. The normalized spacial score (nSPS) is 23.8. The zero-order chi connectivity index (χ0) is 9.03. The Kier molecular flexibility index (Phi) is 3.33. The molecule has 0 bridgehead atoms. The van der Waals surface area contributed by atoms with Crippen LogP contribution in [0.2, 0.25) is 0 Å². The van der Waals surface area contributed by atoms with Crippen LogP contribution in [0.3, 0.4) is 0 Å². The van der Waals surface area contributed by atoms with Crippen molar-refractivity contribution in [2.45, 2.75) is 51.0 Å². The van der Waals surface area contributed by atoms with Gasteiger partial charge in [-0.05, 0) is 25.7 Å². The summed E-state index contributed by atoms with van der Waals surface area (Å²) in [5.41, 5.74) is -0.503. The predicted molar refractivity (Wildman–Crippen MR) is 52.0 cm³/mol. The van der Waals surface area contributed by atoms with E-state index in [2.05, 4.69) is 6.58 Å². The van der Waals surface area contributed by atoms with E-state index in [1.54, 1.807) is 0 Å². The van der Waals surface area contributed by atoms with Crippen molar-refractivity contribution in [2.75, 3.05) is 0 Å². The molecular weight excluding hydrogens is 148 g/mol. The van der Waals surface area contributed by atoms with Crippen LogP contribution in [0.15, 0.2) is 12.7 Å². The summed E-state index contributed by atoms with van der Waals surface area (Å²) in [7, 11) is 0. The maximum Gasteiger partial charge on any atom is 0.0656 e. The van der Waals surface area contributed by atoms with E-state index in [0.717, 1.165) is 18.8 Å². The highest BCUT2D eigenvalue weighted by molar-refractivity contribution is 4.85. The molecule has 0 saturated heterocycles. The van der Waals surface area contributed by atoms with Crippen LogP contribution in [-0.4, -0.2) is 10.7 Å². The van der Waals surface area contributed by atoms with Gasteiger partial charge in [0.15, 0.2) is 0 Å². The van der Waals surface area contributed by atoms with E-state index in [4.69, 9.17) is 0 Å². The number of hydrogen-bond acceptors (Lipinski definition) is 1. The van der Waals surface area contributed by atoms with Crippen molar-refractivity contribution in [3.63, 3.8) is 0 Å². The van der Waals surface area contributed by atoms with E-state index in [9.17, 15) is 5.11 Å². The SMILES string of the molecule is C=CCC(C)(O)CC1CCCC1. The third-order valence-electron chi connectivity index (χ3n) is 2.79. The summed E-state index contributed by atoms with van der Waals surface area (Å²) in [4.78, 5) is 0. The van der Waals surface area contributed by atoms with Gasteiger partial charge in [0.1, 0.15) is 0 Å². The molecule has 1 nitrogen and oxygen atoms in total. The lowest BCUT2D eigenvalue weighted by molar-refractivity contribution is 0.0375. The molecule has 1 N–H and O–H groups in total. The van der Waals surface area contributed by atoms with Gasteiger partial charge in [-0.15, -0.1) is 6.58 Å². The van der Waals surface area contributed by atoms with E-state index in [1.165, 1.54) is 25.7 Å². The predicted octanol–water partition coefficient (Wildman–Crippen LogP) is 2.89. The van der Waals surface area contributed by atoms with Crippen molar-refractivity contribution in [1.82, 2.24) is 0 Å². The largest absolute Gasteiger partial charge is 0.390 e. The summed E-state index contributed by atoms with van der Waals surface area (Å²) in [6.45, 7) is 5.58. The van der Waals surface area contributed by atoms with Crippen LogP contribution >= 0.6 is 0 Å². The first-order valence-corrected chi connectivity index (χ1v) is 4.97. The van der Waals surface area contributed by atoms with Gasteiger partial charge in [0.05, 0.1) is 5.60 Å². The zero-order valence-corrected chi connectivity index (χ0v) is 8.05. The Morgan fingerprint density at radius 3 is 2.58 bits per heavy atom. The molecule has 0 aromatic heterocycles. The summed E-state index contributed by atoms with van der Waals surface area (Å²) in [6.07, 6.45) is 8.84. The van der Waals surface area contributed by atoms with Crippen molar-refractivity contribution in [1.29, 1.82) is 0 Å². The molecule has 0 aliphatic heterocycles. The molecule has 0 aromatic rings. The molecule has 1 unspecified atom stereocenters. The van der Waals surface area contributed by atoms with Gasteiger partial charge in [0.2, 0.25) is 0 Å². The smallest absolute Gasteiger partial charge is 0.0656 e. The average molecular weight is 168 g/mol. The second-order valence-corrected chi connectivity index (χ2v) is 4.34. The molecule has 0 spiro atoms. The summed E-state index contributed by atoms with van der Waals surface area (Å²) in [5, 5.41) is 9.90. The van der Waals surface area contributed by atoms with E-state index in [-0.39, 0.29) is 0 Å². The van der Waals surface area contributed by atoms with Crippen LogP contribution in [-0.2, 0) is 0 Å². The molecule has 70 valence electrons. The summed E-state index contributed by atoms with van der Waals surface area (Å²) >= 11 is 0. The second-order valence-electron chi connectivity index (χ2n) is 4.34. The quantitative estimate of drug-likeness (QED) is 0.640. The molecule has 12 heavy (non-hydrogen) atoms. The number of hydrogen-bond donors (Lipinski definition) is 1. The molecule has 1 aliphatic carbocycles. The first kappa shape index (κ1) is 9.79. The molecule has 0 amide bonds. The Morgan fingerprint density at radius 1 is 1.50 bits per heavy atom. The van der Waals surface area contributed by atoms with Crippen LogP contribution in [0.5, 0.6) is 0 Å². The fourth-order valence-corrected chi connectivity index (χ4v) is 2.23. The lowest BCUT2D eigenvalue weighted by atomic mass is 9.88. The van der Waals surface area contributed by atoms with Crippen molar-refractivity contribution < 1.29 is 5.11 Å². The molecule has 0 radical (unpaired) electrons. The molecule has 1 saturated carbocycles. The highest BCUT2D eigenvalue weighted by Gasteiger charge is 2.25. The number of rotatable bonds is 4. The maximum atomic E-state index is 9.90. The molecule has 1 heteroatoms. The summed E-state index contributed by atoms with van der Waals surface area (Å²) < 4.78 is 0. The van der Waals surface area contributed by atoms with Gasteiger partial charge in [-0.3, -0.25) is 0 Å². The Hall–Kier alpha value is -0.300. The third kappa shape index (κ3) is 2.98.